The van der Waals surface area contributed by atoms with Gasteiger partial charge in [0.2, 0.25) is 0 Å². The number of nitrogens with one attached hydrogen (secondary N) is 1. The minimum absolute atomic E-state index is 0.241. The van der Waals surface area contributed by atoms with Crippen molar-refractivity contribution >= 4 is 11.9 Å². The third-order valence-electron chi connectivity index (χ3n) is 2.73. The summed E-state index contributed by atoms with van der Waals surface area (Å²) in [7, 11) is 0. The number of rotatable bonds is 6. The normalized spacial score (nSPS) is 13.7. The fourth-order valence-corrected chi connectivity index (χ4v) is 1.55. The molecule has 1 unspecified atom stereocenters. The summed E-state index contributed by atoms with van der Waals surface area (Å²) in [5.74, 6) is -1.93. The number of hydrogen-bond acceptors (Lipinski definition) is 3. The van der Waals surface area contributed by atoms with E-state index in [4.69, 9.17) is 9.84 Å². The molecule has 5 nitrogen and oxygen atoms in total. The van der Waals surface area contributed by atoms with Gasteiger partial charge >= 0.3 is 5.97 Å². The SMILES string of the molecule is CC(Oc1ccc(F)cc1)C(=O)N[C@H](C(=O)O)C(C)C. The van der Waals surface area contributed by atoms with Crippen LogP contribution in [0.4, 0.5) is 4.39 Å². The molecule has 1 aromatic rings. The summed E-state index contributed by atoms with van der Waals surface area (Å²) >= 11 is 0. The summed E-state index contributed by atoms with van der Waals surface area (Å²) in [6.07, 6.45) is -0.874. The van der Waals surface area contributed by atoms with Crippen LogP contribution in [0.25, 0.3) is 0 Å². The van der Waals surface area contributed by atoms with E-state index in [1.165, 1.54) is 31.2 Å². The Morgan fingerprint density at radius 1 is 1.20 bits per heavy atom. The van der Waals surface area contributed by atoms with E-state index < -0.39 is 29.8 Å². The van der Waals surface area contributed by atoms with E-state index in [-0.39, 0.29) is 5.92 Å². The maximum absolute atomic E-state index is 12.7. The molecule has 0 spiro atoms. The van der Waals surface area contributed by atoms with Gasteiger partial charge < -0.3 is 15.2 Å². The first-order valence-corrected chi connectivity index (χ1v) is 6.26. The summed E-state index contributed by atoms with van der Waals surface area (Å²) < 4.78 is 18.1. The molecular weight excluding hydrogens is 265 g/mol. The van der Waals surface area contributed by atoms with E-state index in [0.29, 0.717) is 5.75 Å². The molecule has 0 aliphatic carbocycles. The van der Waals surface area contributed by atoms with Crippen LogP contribution < -0.4 is 10.1 Å². The highest BCUT2D eigenvalue weighted by Crippen LogP contribution is 2.13. The molecule has 0 fully saturated rings. The zero-order valence-corrected chi connectivity index (χ0v) is 11.6. The molecule has 6 heteroatoms. The lowest BCUT2D eigenvalue weighted by molar-refractivity contribution is -0.144. The Morgan fingerprint density at radius 3 is 2.20 bits per heavy atom. The average Bonchev–Trinajstić information content (AvgIpc) is 2.37. The number of carbonyl (C=O) groups is 2. The minimum Gasteiger partial charge on any atom is -0.481 e. The van der Waals surface area contributed by atoms with Gasteiger partial charge in [-0.05, 0) is 37.1 Å². The van der Waals surface area contributed by atoms with Crippen molar-refractivity contribution in [2.24, 2.45) is 5.92 Å². The van der Waals surface area contributed by atoms with E-state index in [9.17, 15) is 14.0 Å². The van der Waals surface area contributed by atoms with Gasteiger partial charge in [-0.3, -0.25) is 4.79 Å². The molecule has 2 atom stereocenters. The second-order valence-electron chi connectivity index (χ2n) is 4.78. The lowest BCUT2D eigenvalue weighted by Crippen LogP contribution is -2.48. The van der Waals surface area contributed by atoms with E-state index in [1.807, 2.05) is 0 Å². The monoisotopic (exact) mass is 283 g/mol. The summed E-state index contributed by atoms with van der Waals surface area (Å²) in [5.41, 5.74) is 0. The van der Waals surface area contributed by atoms with Gasteiger partial charge in [-0.1, -0.05) is 13.8 Å². The van der Waals surface area contributed by atoms with Crippen molar-refractivity contribution in [2.75, 3.05) is 0 Å². The van der Waals surface area contributed by atoms with Crippen LogP contribution in [0.15, 0.2) is 24.3 Å². The lowest BCUT2D eigenvalue weighted by atomic mass is 10.0. The van der Waals surface area contributed by atoms with Gasteiger partial charge in [0, 0.05) is 0 Å². The smallest absolute Gasteiger partial charge is 0.326 e. The molecule has 1 amide bonds. The van der Waals surface area contributed by atoms with Crippen LogP contribution in [0, 0.1) is 11.7 Å². The highest BCUT2D eigenvalue weighted by Gasteiger charge is 2.26. The fraction of sp³-hybridized carbons (Fsp3) is 0.429. The predicted molar refractivity (Wildman–Crippen MR) is 70.9 cm³/mol. The number of hydrogen-bond donors (Lipinski definition) is 2. The lowest BCUT2D eigenvalue weighted by Gasteiger charge is -2.21. The largest absolute Gasteiger partial charge is 0.481 e. The van der Waals surface area contributed by atoms with Gasteiger partial charge in [0.05, 0.1) is 0 Å². The molecule has 0 saturated carbocycles. The van der Waals surface area contributed by atoms with Crippen molar-refractivity contribution in [1.29, 1.82) is 0 Å². The van der Waals surface area contributed by atoms with E-state index in [2.05, 4.69) is 5.32 Å². The number of amides is 1. The number of carbonyl (C=O) groups excluding carboxylic acids is 1. The number of carboxylic acids is 1. The summed E-state index contributed by atoms with van der Waals surface area (Å²) in [4.78, 5) is 22.9. The molecule has 1 aromatic carbocycles. The van der Waals surface area contributed by atoms with Crippen LogP contribution in [0.2, 0.25) is 0 Å². The van der Waals surface area contributed by atoms with Crippen LogP contribution in [-0.2, 0) is 9.59 Å². The van der Waals surface area contributed by atoms with Crippen molar-refractivity contribution in [1.82, 2.24) is 5.32 Å². The number of aliphatic carboxylic acids is 1. The molecule has 0 heterocycles. The van der Waals surface area contributed by atoms with Crippen LogP contribution >= 0.6 is 0 Å². The molecule has 0 bridgehead atoms. The van der Waals surface area contributed by atoms with Crippen LogP contribution in [0.1, 0.15) is 20.8 Å². The maximum Gasteiger partial charge on any atom is 0.326 e. The molecule has 110 valence electrons. The number of carboxylic acid groups (broad SMARTS) is 1. The Morgan fingerprint density at radius 2 is 1.75 bits per heavy atom. The molecule has 0 aromatic heterocycles. The number of halogens is 1. The second kappa shape index (κ2) is 6.88. The zero-order chi connectivity index (χ0) is 15.3. The zero-order valence-electron chi connectivity index (χ0n) is 11.6. The second-order valence-corrected chi connectivity index (χ2v) is 4.78. The van der Waals surface area contributed by atoms with Gasteiger partial charge in [-0.25, -0.2) is 9.18 Å². The highest BCUT2D eigenvalue weighted by atomic mass is 19.1. The molecule has 0 radical (unpaired) electrons. The summed E-state index contributed by atoms with van der Waals surface area (Å²) in [5, 5.41) is 11.4. The van der Waals surface area contributed by atoms with E-state index in [1.54, 1.807) is 13.8 Å². The van der Waals surface area contributed by atoms with Crippen molar-refractivity contribution in [2.45, 2.75) is 32.9 Å². The van der Waals surface area contributed by atoms with Gasteiger partial charge in [-0.2, -0.15) is 0 Å². The average molecular weight is 283 g/mol. The first-order chi connectivity index (χ1) is 9.31. The minimum atomic E-state index is -1.10. The first-order valence-electron chi connectivity index (χ1n) is 6.26. The van der Waals surface area contributed by atoms with Crippen LogP contribution in [-0.4, -0.2) is 29.1 Å². The molecular formula is C14H18FNO4. The molecule has 0 saturated heterocycles. The molecule has 0 aliphatic heterocycles. The first kappa shape index (κ1) is 15.9. The third kappa shape index (κ3) is 4.53. The van der Waals surface area contributed by atoms with Crippen molar-refractivity contribution in [3.8, 4) is 5.75 Å². The molecule has 1 rings (SSSR count). The van der Waals surface area contributed by atoms with Gasteiger partial charge in [-0.15, -0.1) is 0 Å². The van der Waals surface area contributed by atoms with Crippen LogP contribution in [0.3, 0.4) is 0 Å². The van der Waals surface area contributed by atoms with E-state index in [0.717, 1.165) is 0 Å². The summed E-state index contributed by atoms with van der Waals surface area (Å²) in [6.45, 7) is 4.90. The summed E-state index contributed by atoms with van der Waals surface area (Å²) in [6, 6.07) is 4.26. The maximum atomic E-state index is 12.7. The Kier molecular flexibility index (Phi) is 5.49. The number of ether oxygens (including phenoxy) is 1. The molecule has 20 heavy (non-hydrogen) atoms. The fourth-order valence-electron chi connectivity index (χ4n) is 1.55. The Bertz CT molecular complexity index is 473. The van der Waals surface area contributed by atoms with Crippen molar-refractivity contribution in [3.05, 3.63) is 30.1 Å². The van der Waals surface area contributed by atoms with Gasteiger partial charge in [0.25, 0.3) is 5.91 Å². The Balaban J connectivity index is 2.62. The Labute approximate surface area is 116 Å². The van der Waals surface area contributed by atoms with Gasteiger partial charge in [0.15, 0.2) is 6.10 Å². The quantitative estimate of drug-likeness (QED) is 0.835. The molecule has 2 N–H and O–H groups in total. The third-order valence-corrected chi connectivity index (χ3v) is 2.73. The predicted octanol–water partition coefficient (Wildman–Crippen LogP) is 1.82. The van der Waals surface area contributed by atoms with Gasteiger partial charge in [0.1, 0.15) is 17.6 Å². The Hall–Kier alpha value is -2.11. The topological polar surface area (TPSA) is 75.6 Å². The standard InChI is InChI=1S/C14H18FNO4/c1-8(2)12(14(18)19)16-13(17)9(3)20-11-6-4-10(15)5-7-11/h4-9,12H,1-3H3,(H,16,17)(H,18,19)/t9?,12-/m0/s1. The molecule has 0 aliphatic rings. The van der Waals surface area contributed by atoms with Crippen molar-refractivity contribution in [3.63, 3.8) is 0 Å². The number of benzene rings is 1. The van der Waals surface area contributed by atoms with Crippen molar-refractivity contribution < 1.29 is 23.8 Å². The highest BCUT2D eigenvalue weighted by molar-refractivity contribution is 5.86. The van der Waals surface area contributed by atoms with E-state index >= 15 is 0 Å². The van der Waals surface area contributed by atoms with Crippen LogP contribution in [0.5, 0.6) is 5.75 Å².